The summed E-state index contributed by atoms with van der Waals surface area (Å²) in [6, 6.07) is 38.4. The van der Waals surface area contributed by atoms with Crippen molar-refractivity contribution in [2.24, 2.45) is 28.8 Å². The maximum Gasteiger partial charge on any atom is 0.422 e. The molecule has 0 N–H and O–H groups in total. The summed E-state index contributed by atoms with van der Waals surface area (Å²) in [5, 5.41) is 11.7. The zero-order chi connectivity index (χ0) is 60.7. The molecule has 0 radical (unpaired) electrons. The van der Waals surface area contributed by atoms with Crippen LogP contribution >= 0.6 is 11.3 Å². The highest BCUT2D eigenvalue weighted by Gasteiger charge is 2.38. The quantitative estimate of drug-likeness (QED) is 0.0130. The van der Waals surface area contributed by atoms with Gasteiger partial charge in [-0.15, -0.1) is 0 Å². The first kappa shape index (κ1) is 63.1. The van der Waals surface area contributed by atoms with E-state index in [1.807, 2.05) is 71.9 Å². The van der Waals surface area contributed by atoms with E-state index in [0.717, 1.165) is 112 Å². The molecule has 0 bridgehead atoms. The van der Waals surface area contributed by atoms with Crippen molar-refractivity contribution in [3.8, 4) is 22.6 Å². The van der Waals surface area contributed by atoms with E-state index in [0.29, 0.717) is 59.8 Å². The minimum atomic E-state index is -4.83. The molecule has 3 saturated carbocycles. The van der Waals surface area contributed by atoms with E-state index in [-0.39, 0.29) is 31.2 Å². The monoisotopic (exact) mass is 1200 g/mol. The Morgan fingerprint density at radius 1 is 0.667 bits per heavy atom. The third kappa shape index (κ3) is 16.8. The molecule has 3 aliphatic rings. The van der Waals surface area contributed by atoms with E-state index >= 15 is 0 Å². The van der Waals surface area contributed by atoms with Gasteiger partial charge in [-0.2, -0.15) is 18.3 Å². The summed E-state index contributed by atoms with van der Waals surface area (Å²) >= 11 is 1.61. The van der Waals surface area contributed by atoms with Gasteiger partial charge in [0.2, 0.25) is 5.13 Å². The van der Waals surface area contributed by atoms with Crippen LogP contribution in [0.2, 0.25) is 0 Å². The Morgan fingerprint density at radius 2 is 1.33 bits per heavy atom. The molecule has 3 fully saturated rings. The third-order valence-corrected chi connectivity index (χ3v) is 19.6. The fourth-order valence-corrected chi connectivity index (χ4v) is 14.4. The van der Waals surface area contributed by atoms with Gasteiger partial charge in [-0.25, -0.2) is 19.6 Å². The van der Waals surface area contributed by atoms with Crippen LogP contribution in [0.25, 0.3) is 42.9 Å². The van der Waals surface area contributed by atoms with E-state index < -0.39 is 23.7 Å². The summed E-state index contributed by atoms with van der Waals surface area (Å²) in [7, 11) is 0. The number of rotatable bonds is 26. The maximum absolute atomic E-state index is 14.1. The van der Waals surface area contributed by atoms with E-state index in [2.05, 4.69) is 69.0 Å². The first-order valence-electron chi connectivity index (χ1n) is 32.2. The van der Waals surface area contributed by atoms with Gasteiger partial charge in [-0.05, 0) is 182 Å². The van der Waals surface area contributed by atoms with Gasteiger partial charge in [0.25, 0.3) is 0 Å². The molecule has 1 heterocycles. The highest BCUT2D eigenvalue weighted by Crippen LogP contribution is 2.43. The number of aromatic nitrogens is 1. The lowest BCUT2D eigenvalue weighted by molar-refractivity contribution is -0.152. The van der Waals surface area contributed by atoms with Crippen molar-refractivity contribution in [3.63, 3.8) is 0 Å². The number of hydrogen-bond acceptors (Lipinski definition) is 11. The van der Waals surface area contributed by atoms with Gasteiger partial charge >= 0.3 is 24.1 Å². The van der Waals surface area contributed by atoms with Crippen molar-refractivity contribution in [3.05, 3.63) is 144 Å². The van der Waals surface area contributed by atoms with Gasteiger partial charge in [0.05, 0.1) is 40.6 Å². The molecule has 7 aromatic rings. The number of nitrogens with zero attached hydrogens (tertiary/aromatic N) is 3. The SMILES string of the molecule is C=C(C(=O)OCCOC1CCC(C2CCC(C(=O)Oc3cc(/C=N/N(CCCCCCCC)c4nc5c(ccc6ccccc65)s4)c4cc(OC(=O)c5ccc(-c6ccc(C7CCC(CCCCC)CC7)cc6)cc5)ccc4c3)CC2)CC1)C(F)(F)F. The number of alkyl halides is 3. The Bertz CT molecular complexity index is 3460. The molecule has 460 valence electrons. The number of unbranched alkanes of at least 4 members (excludes halogenated alkanes) is 7. The average Bonchev–Trinajstić information content (AvgIpc) is 2.50. The molecule has 14 heteroatoms. The van der Waals surface area contributed by atoms with Gasteiger partial charge in [-0.3, -0.25) is 4.79 Å². The van der Waals surface area contributed by atoms with Crippen LogP contribution in [-0.4, -0.2) is 61.1 Å². The maximum atomic E-state index is 14.1. The van der Waals surface area contributed by atoms with Crippen LogP contribution < -0.4 is 14.5 Å². The molecule has 0 saturated heterocycles. The highest BCUT2D eigenvalue weighted by atomic mass is 32.1. The Balaban J connectivity index is 0.822. The van der Waals surface area contributed by atoms with Crippen molar-refractivity contribution in [1.29, 1.82) is 0 Å². The third-order valence-electron chi connectivity index (χ3n) is 18.6. The van der Waals surface area contributed by atoms with Crippen LogP contribution in [-0.2, 0) is 19.1 Å². The minimum absolute atomic E-state index is 0.0209. The number of carbonyl (C=O) groups is 3. The second-order valence-corrected chi connectivity index (χ2v) is 25.5. The first-order chi connectivity index (χ1) is 42.3. The lowest BCUT2D eigenvalue weighted by Crippen LogP contribution is -2.31. The molecule has 0 spiro atoms. The van der Waals surface area contributed by atoms with E-state index in [1.54, 1.807) is 17.4 Å². The zero-order valence-electron chi connectivity index (χ0n) is 50.6. The number of hydrogen-bond donors (Lipinski definition) is 0. The van der Waals surface area contributed by atoms with Gasteiger partial charge in [0.15, 0.2) is 0 Å². The average molecular weight is 1200 g/mol. The molecule has 0 aliphatic heterocycles. The van der Waals surface area contributed by atoms with Crippen LogP contribution in [0.4, 0.5) is 18.3 Å². The van der Waals surface area contributed by atoms with Crippen LogP contribution in [0.15, 0.2) is 133 Å². The number of esters is 3. The first-order valence-corrected chi connectivity index (χ1v) is 33.0. The van der Waals surface area contributed by atoms with Crippen LogP contribution in [0, 0.1) is 23.7 Å². The summed E-state index contributed by atoms with van der Waals surface area (Å²) in [6.07, 6.45) is 21.0. The molecule has 0 unspecified atom stereocenters. The molecule has 1 aromatic heterocycles. The van der Waals surface area contributed by atoms with Crippen LogP contribution in [0.1, 0.15) is 183 Å². The van der Waals surface area contributed by atoms with Crippen molar-refractivity contribution in [1.82, 2.24) is 4.98 Å². The molecule has 0 atom stereocenters. The molecule has 3 aliphatic carbocycles. The molecule has 10 nitrogen and oxygen atoms in total. The zero-order valence-corrected chi connectivity index (χ0v) is 51.5. The Kier molecular flexibility index (Phi) is 22.0. The summed E-state index contributed by atoms with van der Waals surface area (Å²) in [6.45, 7) is 7.70. The topological polar surface area (TPSA) is 117 Å². The van der Waals surface area contributed by atoms with Crippen molar-refractivity contribution >= 4 is 72.4 Å². The summed E-state index contributed by atoms with van der Waals surface area (Å²) in [5.41, 5.74) is 4.11. The number of benzene rings is 6. The van der Waals surface area contributed by atoms with Gasteiger partial charge in [-0.1, -0.05) is 162 Å². The fraction of sp³-hybridized carbons (Fsp3) is 0.466. The second kappa shape index (κ2) is 30.3. The van der Waals surface area contributed by atoms with Gasteiger partial charge in [0.1, 0.15) is 23.7 Å². The minimum Gasteiger partial charge on any atom is -0.460 e. The molecule has 87 heavy (non-hydrogen) atoms. The molecule has 0 amide bonds. The lowest BCUT2D eigenvalue weighted by Gasteiger charge is -2.37. The molecular weight excluding hydrogens is 1120 g/mol. The number of carbonyl (C=O) groups excluding carboxylic acids is 3. The number of anilines is 1. The number of fused-ring (bicyclic) bond motifs is 4. The largest absolute Gasteiger partial charge is 0.460 e. The summed E-state index contributed by atoms with van der Waals surface area (Å²) in [4.78, 5) is 44.9. The molecule has 10 rings (SSSR count). The van der Waals surface area contributed by atoms with E-state index in [4.69, 9.17) is 29.0 Å². The summed E-state index contributed by atoms with van der Waals surface area (Å²) < 4.78 is 62.4. The fourth-order valence-electron chi connectivity index (χ4n) is 13.4. The smallest absolute Gasteiger partial charge is 0.422 e. The van der Waals surface area contributed by atoms with E-state index in [9.17, 15) is 27.6 Å². The number of hydrazone groups is 1. The number of halogens is 3. The predicted octanol–water partition coefficient (Wildman–Crippen LogP) is 19.5. The molecular formula is C73H84F3N3O7S. The van der Waals surface area contributed by atoms with Crippen molar-refractivity contribution < 1.29 is 46.5 Å². The van der Waals surface area contributed by atoms with E-state index in [1.165, 1.54) is 76.2 Å². The number of ether oxygens (including phenoxy) is 4. The standard InChI is InChI=1S/C73H84F3N3O7S/c1-4-6-8-9-10-14-42-79(72-78-68-65-17-13-12-16-57(65)37-41-67(68)87-72)77-48-61-46-64(86-71(82)59-32-28-55(29-33-59)56-34-38-62(39-35-56)83-43-44-84-69(80)49(3)73(74,75)76)45-60-36-40-63(47-66(60)61)85-70(81)58-30-26-54(27-31-58)53-24-22-52(23-25-53)51-20-18-50(19-21-51)15-11-7-5-2/h12-13,16-17,22-27,30-31,36-37,40-41,45-48,50-51,55-56,59,62H,3-11,14-15,18-21,28-29,32-35,38-39,42-44H2,1-2H3/b77-48+. The van der Waals surface area contributed by atoms with Gasteiger partial charge in [0, 0.05) is 17.5 Å². The predicted molar refractivity (Wildman–Crippen MR) is 344 cm³/mol. The lowest BCUT2D eigenvalue weighted by atomic mass is 9.70. The van der Waals surface area contributed by atoms with Crippen LogP contribution in [0.3, 0.4) is 0 Å². The summed E-state index contributed by atoms with van der Waals surface area (Å²) in [5.74, 6) is 0.749. The Labute approximate surface area is 514 Å². The Morgan fingerprint density at radius 3 is 2.06 bits per heavy atom. The normalized spacial score (nSPS) is 20.0. The Hall–Kier alpha value is -6.90. The van der Waals surface area contributed by atoms with Gasteiger partial charge < -0.3 is 18.9 Å². The highest BCUT2D eigenvalue weighted by molar-refractivity contribution is 7.22. The molecule has 6 aromatic carbocycles. The second-order valence-electron chi connectivity index (χ2n) is 24.5. The van der Waals surface area contributed by atoms with Crippen molar-refractivity contribution in [2.45, 2.75) is 173 Å². The van der Waals surface area contributed by atoms with Crippen molar-refractivity contribution in [2.75, 3.05) is 24.8 Å². The number of thiazole rings is 1. The van der Waals surface area contributed by atoms with Crippen LogP contribution in [0.5, 0.6) is 11.5 Å².